The molecule has 0 bridgehead atoms. The van der Waals surface area contributed by atoms with Crippen LogP contribution in [0, 0.1) is 0 Å². The van der Waals surface area contributed by atoms with E-state index < -0.39 is 0 Å². The van der Waals surface area contributed by atoms with Crippen molar-refractivity contribution in [3.63, 3.8) is 0 Å². The van der Waals surface area contributed by atoms with E-state index in [9.17, 15) is 0 Å². The molecule has 0 saturated heterocycles. The largest absolute Gasteiger partial charge is 0.461 e. The Balaban J connectivity index is 2.16. The normalized spacial score (nSPS) is 13.4. The van der Waals surface area contributed by atoms with Gasteiger partial charge in [-0.25, -0.2) is 0 Å². The maximum absolute atomic E-state index is 5.93. The fraction of sp³-hybridized carbons (Fsp3) is 0.444. The maximum atomic E-state index is 5.93. The van der Waals surface area contributed by atoms with Crippen LogP contribution in [-0.2, 0) is 11.8 Å². The average Bonchev–Trinajstić information content (AvgIpc) is 2.86. The lowest BCUT2D eigenvalue weighted by Crippen LogP contribution is -2.23. The number of hydrogen-bond acceptors (Lipinski definition) is 2. The Morgan fingerprint density at radius 1 is 1.05 bits per heavy atom. The zero-order valence-corrected chi connectivity index (χ0v) is 13.2. The fourth-order valence-corrected chi connectivity index (χ4v) is 2.18. The van der Waals surface area contributed by atoms with E-state index in [4.69, 9.17) is 4.42 Å². The minimum atomic E-state index is 0.190. The molecule has 0 fully saturated rings. The Morgan fingerprint density at radius 3 is 2.25 bits per heavy atom. The average molecular weight is 271 g/mol. The summed E-state index contributed by atoms with van der Waals surface area (Å²) in [5, 5.41) is 3.23. The molecule has 0 amide bonds. The molecule has 0 aliphatic heterocycles. The van der Waals surface area contributed by atoms with Crippen LogP contribution in [0.25, 0.3) is 11.3 Å². The molecular formula is C18H25NO. The van der Waals surface area contributed by atoms with Gasteiger partial charge < -0.3 is 9.73 Å². The molecule has 2 heteroatoms. The summed E-state index contributed by atoms with van der Waals surface area (Å²) in [6.07, 6.45) is 0.913. The molecule has 1 unspecified atom stereocenters. The second kappa shape index (κ2) is 5.84. The van der Waals surface area contributed by atoms with E-state index in [1.165, 1.54) is 5.56 Å². The Labute approximate surface area is 122 Å². The smallest absolute Gasteiger partial charge is 0.134 e. The minimum Gasteiger partial charge on any atom is -0.461 e. The van der Waals surface area contributed by atoms with Crippen LogP contribution < -0.4 is 5.32 Å². The van der Waals surface area contributed by atoms with E-state index in [-0.39, 0.29) is 5.41 Å². The molecule has 1 aromatic heterocycles. The predicted octanol–water partition coefficient (Wildman–Crippen LogP) is 4.39. The molecule has 1 heterocycles. The first-order chi connectivity index (χ1) is 9.40. The van der Waals surface area contributed by atoms with Gasteiger partial charge in [0, 0.05) is 18.0 Å². The van der Waals surface area contributed by atoms with Crippen LogP contribution in [0.3, 0.4) is 0 Å². The van der Waals surface area contributed by atoms with Crippen LogP contribution in [0.15, 0.2) is 40.8 Å². The lowest BCUT2D eigenvalue weighted by Gasteiger charge is -2.18. The molecule has 1 atom stereocenters. The Bertz CT molecular complexity index is 546. The van der Waals surface area contributed by atoms with Crippen molar-refractivity contribution in [2.24, 2.45) is 0 Å². The highest BCUT2D eigenvalue weighted by atomic mass is 16.3. The Kier molecular flexibility index (Phi) is 4.34. The van der Waals surface area contributed by atoms with Crippen LogP contribution in [-0.4, -0.2) is 13.1 Å². The molecule has 1 N–H and O–H groups in total. The van der Waals surface area contributed by atoms with E-state index in [0.717, 1.165) is 23.5 Å². The molecule has 2 rings (SSSR count). The molecule has 0 saturated carbocycles. The molecular weight excluding hydrogens is 246 g/mol. The molecule has 2 nitrogen and oxygen atoms in total. The van der Waals surface area contributed by atoms with Gasteiger partial charge in [-0.1, -0.05) is 45.0 Å². The highest BCUT2D eigenvalue weighted by Gasteiger charge is 2.14. The summed E-state index contributed by atoms with van der Waals surface area (Å²) in [6, 6.07) is 13.2. The lowest BCUT2D eigenvalue weighted by atomic mass is 9.86. The number of nitrogens with one attached hydrogen (secondary N) is 1. The van der Waals surface area contributed by atoms with Gasteiger partial charge >= 0.3 is 0 Å². The maximum Gasteiger partial charge on any atom is 0.134 e. The number of benzene rings is 1. The van der Waals surface area contributed by atoms with Gasteiger partial charge in [-0.3, -0.25) is 0 Å². The van der Waals surface area contributed by atoms with E-state index in [0.29, 0.717) is 6.04 Å². The van der Waals surface area contributed by atoms with Crippen molar-refractivity contribution in [3.8, 4) is 11.3 Å². The first kappa shape index (κ1) is 14.9. The van der Waals surface area contributed by atoms with Crippen LogP contribution >= 0.6 is 0 Å². The quantitative estimate of drug-likeness (QED) is 0.892. The highest BCUT2D eigenvalue weighted by Crippen LogP contribution is 2.27. The van der Waals surface area contributed by atoms with Gasteiger partial charge in [-0.05, 0) is 37.1 Å². The van der Waals surface area contributed by atoms with E-state index in [1.54, 1.807) is 0 Å². The van der Waals surface area contributed by atoms with Gasteiger partial charge in [-0.2, -0.15) is 0 Å². The highest BCUT2D eigenvalue weighted by molar-refractivity contribution is 5.58. The van der Waals surface area contributed by atoms with Crippen LogP contribution in [0.2, 0.25) is 0 Å². The topological polar surface area (TPSA) is 25.2 Å². The molecule has 0 radical (unpaired) electrons. The van der Waals surface area contributed by atoms with Crippen molar-refractivity contribution < 1.29 is 4.42 Å². The van der Waals surface area contributed by atoms with Gasteiger partial charge in [0.15, 0.2) is 0 Å². The Hall–Kier alpha value is -1.54. The van der Waals surface area contributed by atoms with Crippen molar-refractivity contribution in [2.45, 2.75) is 45.6 Å². The second-order valence-corrected chi connectivity index (χ2v) is 6.49. The third kappa shape index (κ3) is 3.51. The first-order valence-corrected chi connectivity index (χ1v) is 7.27. The van der Waals surface area contributed by atoms with Crippen molar-refractivity contribution in [2.75, 3.05) is 7.05 Å². The van der Waals surface area contributed by atoms with Gasteiger partial charge in [0.1, 0.15) is 11.5 Å². The second-order valence-electron chi connectivity index (χ2n) is 6.49. The summed E-state index contributed by atoms with van der Waals surface area (Å²) in [5.74, 6) is 1.98. The van der Waals surface area contributed by atoms with Gasteiger partial charge in [-0.15, -0.1) is 0 Å². The molecule has 20 heavy (non-hydrogen) atoms. The number of furan rings is 1. The van der Waals surface area contributed by atoms with E-state index >= 15 is 0 Å². The third-order valence-corrected chi connectivity index (χ3v) is 3.70. The van der Waals surface area contributed by atoms with Crippen molar-refractivity contribution in [1.29, 1.82) is 0 Å². The van der Waals surface area contributed by atoms with Crippen LogP contribution in [0.1, 0.15) is 39.0 Å². The summed E-state index contributed by atoms with van der Waals surface area (Å²) < 4.78 is 5.93. The van der Waals surface area contributed by atoms with Gasteiger partial charge in [0.05, 0.1) is 0 Å². The summed E-state index contributed by atoms with van der Waals surface area (Å²) in [4.78, 5) is 0. The first-order valence-electron chi connectivity index (χ1n) is 7.27. The SMILES string of the molecule is CNC(C)Cc1ccc(-c2ccc(C(C)(C)C)cc2)o1. The van der Waals surface area contributed by atoms with Crippen LogP contribution in [0.5, 0.6) is 0 Å². The van der Waals surface area contributed by atoms with Crippen molar-refractivity contribution >= 4 is 0 Å². The Morgan fingerprint density at radius 2 is 1.70 bits per heavy atom. The molecule has 108 valence electrons. The third-order valence-electron chi connectivity index (χ3n) is 3.70. The standard InChI is InChI=1S/C18H25NO/c1-13(19-5)12-16-10-11-17(20-16)14-6-8-15(9-7-14)18(2,3)4/h6-11,13,19H,12H2,1-5H3. The van der Waals surface area contributed by atoms with E-state index in [2.05, 4.69) is 69.4 Å². The van der Waals surface area contributed by atoms with Gasteiger partial charge in [0.2, 0.25) is 0 Å². The molecule has 0 spiro atoms. The van der Waals surface area contributed by atoms with E-state index in [1.807, 2.05) is 7.05 Å². The summed E-state index contributed by atoms with van der Waals surface area (Å²) in [7, 11) is 1.97. The monoisotopic (exact) mass is 271 g/mol. The van der Waals surface area contributed by atoms with Crippen molar-refractivity contribution in [3.05, 3.63) is 47.7 Å². The van der Waals surface area contributed by atoms with Gasteiger partial charge in [0.25, 0.3) is 0 Å². The molecule has 2 aromatic rings. The van der Waals surface area contributed by atoms with Crippen LogP contribution in [0.4, 0.5) is 0 Å². The summed E-state index contributed by atoms with van der Waals surface area (Å²) >= 11 is 0. The number of hydrogen-bond donors (Lipinski definition) is 1. The molecule has 0 aliphatic rings. The number of rotatable bonds is 4. The van der Waals surface area contributed by atoms with Crippen molar-refractivity contribution in [1.82, 2.24) is 5.32 Å². The predicted molar refractivity (Wildman–Crippen MR) is 85.1 cm³/mol. The molecule has 1 aromatic carbocycles. The zero-order chi connectivity index (χ0) is 14.8. The molecule has 0 aliphatic carbocycles. The minimum absolute atomic E-state index is 0.190. The lowest BCUT2D eigenvalue weighted by molar-refractivity contribution is 0.481. The summed E-state index contributed by atoms with van der Waals surface area (Å²) in [5.41, 5.74) is 2.67. The fourth-order valence-electron chi connectivity index (χ4n) is 2.18. The summed E-state index contributed by atoms with van der Waals surface area (Å²) in [6.45, 7) is 8.84. The number of likely N-dealkylation sites (N-methyl/N-ethyl adjacent to an activating group) is 1. The zero-order valence-electron chi connectivity index (χ0n) is 13.2.